The van der Waals surface area contributed by atoms with Crippen LogP contribution in [-0.2, 0) is 6.54 Å². The van der Waals surface area contributed by atoms with Gasteiger partial charge in [-0.15, -0.1) is 0 Å². The maximum atomic E-state index is 11.5. The van der Waals surface area contributed by atoms with Crippen LogP contribution in [0.1, 0.15) is 11.5 Å². The van der Waals surface area contributed by atoms with Crippen molar-refractivity contribution in [2.24, 2.45) is 0 Å². The molecule has 15 heavy (non-hydrogen) atoms. The first-order chi connectivity index (χ1) is 7.16. The molecule has 0 amide bonds. The fourth-order valence-corrected chi connectivity index (χ4v) is 1.45. The zero-order valence-corrected chi connectivity index (χ0v) is 8.86. The molecule has 0 atom stereocenters. The first kappa shape index (κ1) is 9.98. The van der Waals surface area contributed by atoms with Gasteiger partial charge in [0.15, 0.2) is 5.15 Å². The second kappa shape index (κ2) is 3.90. The molecule has 5 heteroatoms. The van der Waals surface area contributed by atoms with Gasteiger partial charge < -0.3 is 8.98 Å². The smallest absolute Gasteiger partial charge is 0.288 e. The summed E-state index contributed by atoms with van der Waals surface area (Å²) in [6, 6.07) is 3.68. The molecular formula is C10H9ClN2O2. The maximum Gasteiger partial charge on any atom is 0.288 e. The lowest BCUT2D eigenvalue weighted by Gasteiger charge is -2.02. The molecule has 2 rings (SSSR count). The highest BCUT2D eigenvalue weighted by Crippen LogP contribution is 2.07. The number of halogens is 1. The van der Waals surface area contributed by atoms with Crippen LogP contribution < -0.4 is 5.56 Å². The van der Waals surface area contributed by atoms with Gasteiger partial charge in [0.25, 0.3) is 5.56 Å². The first-order valence-electron chi connectivity index (χ1n) is 4.43. The van der Waals surface area contributed by atoms with Gasteiger partial charge >= 0.3 is 0 Å². The van der Waals surface area contributed by atoms with Crippen LogP contribution in [0.15, 0.2) is 33.7 Å². The Balaban J connectivity index is 2.32. The van der Waals surface area contributed by atoms with Crippen molar-refractivity contribution in [2.45, 2.75) is 13.5 Å². The number of aryl methyl sites for hydroxylation is 1. The van der Waals surface area contributed by atoms with Gasteiger partial charge in [-0.1, -0.05) is 11.6 Å². The summed E-state index contributed by atoms with van der Waals surface area (Å²) in [7, 11) is 0. The molecule has 0 spiro atoms. The van der Waals surface area contributed by atoms with Crippen molar-refractivity contribution in [3.05, 3.63) is 51.6 Å². The average molecular weight is 225 g/mol. The van der Waals surface area contributed by atoms with Crippen molar-refractivity contribution in [2.75, 3.05) is 0 Å². The van der Waals surface area contributed by atoms with E-state index in [1.807, 2.05) is 19.1 Å². The first-order valence-corrected chi connectivity index (χ1v) is 4.81. The van der Waals surface area contributed by atoms with Crippen LogP contribution in [0.2, 0.25) is 5.15 Å². The monoisotopic (exact) mass is 224 g/mol. The summed E-state index contributed by atoms with van der Waals surface area (Å²) in [6.07, 6.45) is 3.06. The van der Waals surface area contributed by atoms with Gasteiger partial charge in [0, 0.05) is 12.4 Å². The summed E-state index contributed by atoms with van der Waals surface area (Å²) in [5.74, 6) is 1.54. The van der Waals surface area contributed by atoms with Gasteiger partial charge in [-0.25, -0.2) is 4.98 Å². The zero-order chi connectivity index (χ0) is 10.8. The second-order valence-electron chi connectivity index (χ2n) is 3.16. The average Bonchev–Trinajstić information content (AvgIpc) is 2.59. The minimum atomic E-state index is -0.312. The molecular weight excluding hydrogens is 216 g/mol. The molecule has 0 aliphatic carbocycles. The van der Waals surface area contributed by atoms with E-state index in [1.165, 1.54) is 10.8 Å². The largest absolute Gasteiger partial charge is 0.464 e. The molecule has 0 bridgehead atoms. The molecule has 0 saturated heterocycles. The van der Waals surface area contributed by atoms with E-state index in [9.17, 15) is 4.79 Å². The van der Waals surface area contributed by atoms with E-state index >= 15 is 0 Å². The summed E-state index contributed by atoms with van der Waals surface area (Å²) in [5, 5.41) is -0.0271. The zero-order valence-electron chi connectivity index (χ0n) is 8.11. The third kappa shape index (κ3) is 2.10. The molecule has 0 aliphatic heterocycles. The number of hydrogen-bond acceptors (Lipinski definition) is 3. The van der Waals surface area contributed by atoms with E-state index in [2.05, 4.69) is 4.98 Å². The normalized spacial score (nSPS) is 10.5. The highest BCUT2D eigenvalue weighted by Gasteiger charge is 2.04. The van der Waals surface area contributed by atoms with E-state index in [4.69, 9.17) is 16.0 Å². The summed E-state index contributed by atoms with van der Waals surface area (Å²) in [4.78, 5) is 15.2. The Morgan fingerprint density at radius 1 is 1.53 bits per heavy atom. The molecule has 0 fully saturated rings. The number of furan rings is 1. The van der Waals surface area contributed by atoms with E-state index < -0.39 is 0 Å². The molecule has 2 aromatic heterocycles. The van der Waals surface area contributed by atoms with Crippen LogP contribution in [0.4, 0.5) is 0 Å². The molecule has 0 unspecified atom stereocenters. The molecule has 2 heterocycles. The molecule has 78 valence electrons. The lowest BCUT2D eigenvalue weighted by Crippen LogP contribution is -2.20. The fraction of sp³-hybridized carbons (Fsp3) is 0.200. The molecule has 4 nitrogen and oxygen atoms in total. The predicted octanol–water partition coefficient (Wildman–Crippen LogP) is 1.85. The topological polar surface area (TPSA) is 48.0 Å². The van der Waals surface area contributed by atoms with E-state index in [1.54, 1.807) is 6.20 Å². The maximum absolute atomic E-state index is 11.5. The standard InChI is InChI=1S/C10H9ClN2O2/c1-7-2-3-8(15-7)6-13-5-4-12-9(11)10(13)14/h2-5H,6H2,1H3. The van der Waals surface area contributed by atoms with Crippen LogP contribution in [0.5, 0.6) is 0 Å². The summed E-state index contributed by atoms with van der Waals surface area (Å²) in [5.41, 5.74) is -0.312. The van der Waals surface area contributed by atoms with Crippen molar-refractivity contribution in [1.29, 1.82) is 0 Å². The highest BCUT2D eigenvalue weighted by atomic mass is 35.5. The second-order valence-corrected chi connectivity index (χ2v) is 3.52. The van der Waals surface area contributed by atoms with Gasteiger partial charge in [-0.3, -0.25) is 4.79 Å². The SMILES string of the molecule is Cc1ccc(Cn2ccnc(Cl)c2=O)o1. The lowest BCUT2D eigenvalue weighted by atomic mass is 10.4. The Morgan fingerprint density at radius 3 is 3.00 bits per heavy atom. The number of rotatable bonds is 2. The van der Waals surface area contributed by atoms with Crippen molar-refractivity contribution in [3.63, 3.8) is 0 Å². The number of nitrogens with zero attached hydrogens (tertiary/aromatic N) is 2. The van der Waals surface area contributed by atoms with E-state index in [-0.39, 0.29) is 10.7 Å². The molecule has 0 N–H and O–H groups in total. The highest BCUT2D eigenvalue weighted by molar-refractivity contribution is 6.29. The summed E-state index contributed by atoms with van der Waals surface area (Å²) >= 11 is 5.61. The van der Waals surface area contributed by atoms with E-state index in [0.717, 1.165) is 11.5 Å². The number of aromatic nitrogens is 2. The summed E-state index contributed by atoms with van der Waals surface area (Å²) in [6.45, 7) is 2.22. The van der Waals surface area contributed by atoms with Gasteiger partial charge in [0.1, 0.15) is 11.5 Å². The Morgan fingerprint density at radius 2 is 2.33 bits per heavy atom. The van der Waals surface area contributed by atoms with Crippen LogP contribution in [-0.4, -0.2) is 9.55 Å². The third-order valence-corrected chi connectivity index (χ3v) is 2.25. The quantitative estimate of drug-likeness (QED) is 0.782. The van der Waals surface area contributed by atoms with Gasteiger partial charge in [0.2, 0.25) is 0 Å². The third-order valence-electron chi connectivity index (χ3n) is 1.99. The van der Waals surface area contributed by atoms with Gasteiger partial charge in [-0.05, 0) is 19.1 Å². The van der Waals surface area contributed by atoms with E-state index in [0.29, 0.717) is 6.54 Å². The van der Waals surface area contributed by atoms with Crippen LogP contribution in [0.25, 0.3) is 0 Å². The molecule has 0 saturated carbocycles. The van der Waals surface area contributed by atoms with Crippen LogP contribution >= 0.6 is 11.6 Å². The minimum absolute atomic E-state index is 0.0271. The van der Waals surface area contributed by atoms with Crippen molar-refractivity contribution < 1.29 is 4.42 Å². The Kier molecular flexibility index (Phi) is 2.60. The van der Waals surface area contributed by atoms with Gasteiger partial charge in [-0.2, -0.15) is 0 Å². The fourth-order valence-electron chi connectivity index (χ4n) is 1.28. The Labute approximate surface area is 91.1 Å². The molecule has 0 aliphatic rings. The van der Waals surface area contributed by atoms with Crippen molar-refractivity contribution >= 4 is 11.6 Å². The molecule has 0 radical (unpaired) electrons. The van der Waals surface area contributed by atoms with Crippen molar-refractivity contribution in [1.82, 2.24) is 9.55 Å². The van der Waals surface area contributed by atoms with Gasteiger partial charge in [0.05, 0.1) is 6.54 Å². The molecule has 0 aromatic carbocycles. The lowest BCUT2D eigenvalue weighted by molar-refractivity contribution is 0.466. The number of hydrogen-bond donors (Lipinski definition) is 0. The Hall–Kier alpha value is -1.55. The van der Waals surface area contributed by atoms with Crippen molar-refractivity contribution in [3.8, 4) is 0 Å². The predicted molar refractivity (Wildman–Crippen MR) is 56.1 cm³/mol. The minimum Gasteiger partial charge on any atom is -0.464 e. The van der Waals surface area contributed by atoms with Crippen LogP contribution in [0.3, 0.4) is 0 Å². The Bertz CT molecular complexity index is 530. The van der Waals surface area contributed by atoms with Crippen LogP contribution in [0, 0.1) is 6.92 Å². The molecule has 2 aromatic rings. The summed E-state index contributed by atoms with van der Waals surface area (Å²) < 4.78 is 6.81.